The molecule has 0 saturated heterocycles. The first-order valence-corrected chi connectivity index (χ1v) is 5.21. The largest absolute Gasteiger partial charge is 0.479 e. The molecule has 0 spiro atoms. The van der Waals surface area contributed by atoms with Gasteiger partial charge in [0.2, 0.25) is 0 Å². The molecule has 1 aliphatic rings. The average molecular weight is 231 g/mol. The zero-order valence-corrected chi connectivity index (χ0v) is 9.10. The summed E-state index contributed by atoms with van der Waals surface area (Å²) in [6, 6.07) is 4.54. The minimum Gasteiger partial charge on any atom is -0.479 e. The summed E-state index contributed by atoms with van der Waals surface area (Å²) in [5.74, 6) is -1.40. The first-order valence-electron chi connectivity index (χ1n) is 5.21. The van der Waals surface area contributed by atoms with Gasteiger partial charge in [-0.25, -0.2) is 4.79 Å². The zero-order valence-electron chi connectivity index (χ0n) is 9.10. The van der Waals surface area contributed by atoms with Crippen LogP contribution in [0.5, 0.6) is 0 Å². The molecule has 0 radical (unpaired) electrons. The number of carboxylic acids is 1. The molecule has 2 rings (SSSR count). The summed E-state index contributed by atoms with van der Waals surface area (Å²) in [5.41, 5.74) is 7.85. The molecule has 88 valence electrons. The number of rotatable bonds is 3. The maximum atomic E-state index is 11.2. The summed E-state index contributed by atoms with van der Waals surface area (Å²) < 4.78 is 0. The van der Waals surface area contributed by atoms with Crippen LogP contribution in [0.3, 0.4) is 0 Å². The van der Waals surface area contributed by atoms with E-state index in [0.717, 1.165) is 17.5 Å². The van der Waals surface area contributed by atoms with Crippen LogP contribution in [0, 0.1) is 5.41 Å². The third-order valence-corrected chi connectivity index (χ3v) is 2.71. The Labute approximate surface area is 98.5 Å². The number of hydrogen-bond acceptors (Lipinski definition) is 2. The quantitative estimate of drug-likeness (QED) is 0.458. The number of nitrogens with two attached hydrogens (primary N) is 1. The molecule has 0 aromatic heterocycles. The van der Waals surface area contributed by atoms with Crippen LogP contribution in [-0.2, 0) is 11.2 Å². The third-order valence-electron chi connectivity index (χ3n) is 2.71. The molecule has 0 amide bonds. The van der Waals surface area contributed by atoms with Gasteiger partial charge < -0.3 is 16.2 Å². The molecule has 0 aliphatic heterocycles. The SMILES string of the molecule is N=C(N)NC(C(=O)O)c1cccc2c1C=CC2. The van der Waals surface area contributed by atoms with Gasteiger partial charge in [-0.2, -0.15) is 0 Å². The summed E-state index contributed by atoms with van der Waals surface area (Å²) in [5, 5.41) is 18.8. The highest BCUT2D eigenvalue weighted by molar-refractivity contribution is 5.85. The topological polar surface area (TPSA) is 99.2 Å². The van der Waals surface area contributed by atoms with Crippen molar-refractivity contribution >= 4 is 18.0 Å². The van der Waals surface area contributed by atoms with E-state index in [1.807, 2.05) is 24.3 Å². The monoisotopic (exact) mass is 231 g/mol. The summed E-state index contributed by atoms with van der Waals surface area (Å²) in [6.07, 6.45) is 4.71. The molecular formula is C12H13N3O2. The van der Waals surface area contributed by atoms with E-state index in [2.05, 4.69) is 5.32 Å². The Hall–Kier alpha value is -2.30. The number of benzene rings is 1. The molecule has 1 aromatic rings. The zero-order chi connectivity index (χ0) is 12.4. The highest BCUT2D eigenvalue weighted by Crippen LogP contribution is 2.27. The molecule has 1 aliphatic carbocycles. The fraction of sp³-hybridized carbons (Fsp3) is 0.167. The molecule has 5 N–H and O–H groups in total. The van der Waals surface area contributed by atoms with Crippen LogP contribution >= 0.6 is 0 Å². The molecule has 5 nitrogen and oxygen atoms in total. The smallest absolute Gasteiger partial charge is 0.330 e. The van der Waals surface area contributed by atoms with Crippen molar-refractivity contribution in [1.29, 1.82) is 5.41 Å². The van der Waals surface area contributed by atoms with Crippen molar-refractivity contribution in [2.45, 2.75) is 12.5 Å². The van der Waals surface area contributed by atoms with E-state index < -0.39 is 12.0 Å². The van der Waals surface area contributed by atoms with E-state index in [1.54, 1.807) is 6.07 Å². The van der Waals surface area contributed by atoms with Crippen molar-refractivity contribution in [3.05, 3.63) is 41.0 Å². The normalized spacial score (nSPS) is 14.1. The van der Waals surface area contributed by atoms with Crippen LogP contribution in [0.25, 0.3) is 6.08 Å². The molecule has 5 heteroatoms. The Kier molecular flexibility index (Phi) is 2.82. The lowest BCUT2D eigenvalue weighted by atomic mass is 9.97. The van der Waals surface area contributed by atoms with Crippen LogP contribution in [0.15, 0.2) is 24.3 Å². The van der Waals surface area contributed by atoms with Gasteiger partial charge in [0.1, 0.15) is 0 Å². The summed E-state index contributed by atoms with van der Waals surface area (Å²) in [7, 11) is 0. The van der Waals surface area contributed by atoms with Crippen molar-refractivity contribution in [2.24, 2.45) is 5.73 Å². The number of carbonyl (C=O) groups is 1. The van der Waals surface area contributed by atoms with Gasteiger partial charge in [-0.3, -0.25) is 5.41 Å². The molecule has 0 heterocycles. The number of allylic oxidation sites excluding steroid dienone is 1. The van der Waals surface area contributed by atoms with Crippen LogP contribution < -0.4 is 11.1 Å². The molecule has 1 unspecified atom stereocenters. The van der Waals surface area contributed by atoms with E-state index in [4.69, 9.17) is 16.2 Å². The van der Waals surface area contributed by atoms with Gasteiger partial charge in [-0.1, -0.05) is 30.4 Å². The molecule has 0 fully saturated rings. The number of fused-ring (bicyclic) bond motifs is 1. The predicted octanol–water partition coefficient (Wildman–Crippen LogP) is 0.865. The van der Waals surface area contributed by atoms with Crippen LogP contribution in [0.1, 0.15) is 22.7 Å². The van der Waals surface area contributed by atoms with Gasteiger partial charge in [0, 0.05) is 0 Å². The van der Waals surface area contributed by atoms with E-state index in [1.165, 1.54) is 0 Å². The molecule has 1 aromatic carbocycles. The Bertz CT molecular complexity index is 508. The fourth-order valence-corrected chi connectivity index (χ4v) is 2.00. The number of aliphatic carboxylic acids is 1. The van der Waals surface area contributed by atoms with Gasteiger partial charge >= 0.3 is 5.97 Å². The first-order chi connectivity index (χ1) is 8.09. The second-order valence-corrected chi connectivity index (χ2v) is 3.86. The Morgan fingerprint density at radius 3 is 2.94 bits per heavy atom. The van der Waals surface area contributed by atoms with Crippen molar-refractivity contribution in [3.8, 4) is 0 Å². The molecular weight excluding hydrogens is 218 g/mol. The summed E-state index contributed by atoms with van der Waals surface area (Å²) >= 11 is 0. The Morgan fingerprint density at radius 1 is 1.53 bits per heavy atom. The predicted molar refractivity (Wildman–Crippen MR) is 64.6 cm³/mol. The van der Waals surface area contributed by atoms with Gasteiger partial charge in [-0.05, 0) is 23.1 Å². The van der Waals surface area contributed by atoms with Crippen molar-refractivity contribution in [3.63, 3.8) is 0 Å². The number of nitrogens with one attached hydrogen (secondary N) is 2. The minimum atomic E-state index is -1.05. The van der Waals surface area contributed by atoms with Crippen LogP contribution in [0.4, 0.5) is 0 Å². The van der Waals surface area contributed by atoms with Crippen molar-refractivity contribution in [1.82, 2.24) is 5.32 Å². The van der Waals surface area contributed by atoms with E-state index in [-0.39, 0.29) is 5.96 Å². The average Bonchev–Trinajstić information content (AvgIpc) is 2.73. The van der Waals surface area contributed by atoms with Gasteiger partial charge in [0.25, 0.3) is 0 Å². The number of carboxylic acid groups (broad SMARTS) is 1. The maximum absolute atomic E-state index is 11.2. The Morgan fingerprint density at radius 2 is 2.29 bits per heavy atom. The van der Waals surface area contributed by atoms with E-state index >= 15 is 0 Å². The lowest BCUT2D eigenvalue weighted by Gasteiger charge is -2.17. The van der Waals surface area contributed by atoms with Crippen molar-refractivity contribution < 1.29 is 9.90 Å². The Balaban J connectivity index is 2.43. The highest BCUT2D eigenvalue weighted by atomic mass is 16.4. The van der Waals surface area contributed by atoms with E-state index in [0.29, 0.717) is 5.56 Å². The first kappa shape index (κ1) is 11.2. The fourth-order valence-electron chi connectivity index (χ4n) is 2.00. The van der Waals surface area contributed by atoms with Gasteiger partial charge in [0.05, 0.1) is 0 Å². The number of guanidine groups is 1. The second-order valence-electron chi connectivity index (χ2n) is 3.86. The van der Waals surface area contributed by atoms with Crippen LogP contribution in [0.2, 0.25) is 0 Å². The minimum absolute atomic E-state index is 0.350. The number of hydrogen-bond donors (Lipinski definition) is 4. The lowest BCUT2D eigenvalue weighted by molar-refractivity contribution is -0.139. The molecule has 0 saturated carbocycles. The summed E-state index contributed by atoms with van der Waals surface area (Å²) in [4.78, 5) is 11.2. The second kappa shape index (κ2) is 4.29. The lowest BCUT2D eigenvalue weighted by Crippen LogP contribution is -2.38. The molecule has 0 bridgehead atoms. The molecule has 17 heavy (non-hydrogen) atoms. The molecule has 1 atom stereocenters. The van der Waals surface area contributed by atoms with Gasteiger partial charge in [-0.15, -0.1) is 0 Å². The maximum Gasteiger partial charge on any atom is 0.330 e. The van der Waals surface area contributed by atoms with Crippen LogP contribution in [-0.4, -0.2) is 17.0 Å². The standard InChI is InChI=1S/C12H13N3O2/c13-12(14)15-10(11(16)17)9-6-2-4-7-3-1-5-8(7)9/h1-2,4-6,10H,3H2,(H,16,17)(H4,13,14,15). The third kappa shape index (κ3) is 2.13. The highest BCUT2D eigenvalue weighted by Gasteiger charge is 2.24. The van der Waals surface area contributed by atoms with Gasteiger partial charge in [0.15, 0.2) is 12.0 Å². The summed E-state index contributed by atoms with van der Waals surface area (Å²) in [6.45, 7) is 0. The van der Waals surface area contributed by atoms with Crippen molar-refractivity contribution in [2.75, 3.05) is 0 Å². The van der Waals surface area contributed by atoms with E-state index in [9.17, 15) is 4.79 Å².